The van der Waals surface area contributed by atoms with Crippen LogP contribution in [0, 0.1) is 5.82 Å². The van der Waals surface area contributed by atoms with Gasteiger partial charge in [0.15, 0.2) is 0 Å². The highest BCUT2D eigenvalue weighted by Crippen LogP contribution is 2.24. The number of likely N-dealkylation sites (tertiary alicyclic amines) is 1. The van der Waals surface area contributed by atoms with E-state index in [0.29, 0.717) is 28.8 Å². The van der Waals surface area contributed by atoms with E-state index < -0.39 is 0 Å². The summed E-state index contributed by atoms with van der Waals surface area (Å²) < 4.78 is 14.0. The van der Waals surface area contributed by atoms with Gasteiger partial charge in [-0.05, 0) is 40.5 Å². The average molecular weight is 366 g/mol. The first-order chi connectivity index (χ1) is 10.6. The Morgan fingerprint density at radius 2 is 2.32 bits per heavy atom. The molecule has 1 N–H and O–H groups in total. The molecule has 0 radical (unpaired) electrons. The molecule has 1 aliphatic rings. The van der Waals surface area contributed by atoms with E-state index in [-0.39, 0.29) is 17.8 Å². The van der Waals surface area contributed by atoms with Crippen molar-refractivity contribution >= 4 is 38.6 Å². The van der Waals surface area contributed by atoms with Gasteiger partial charge in [0.1, 0.15) is 11.6 Å². The number of fused-ring (bicyclic) bond motifs is 1. The van der Waals surface area contributed by atoms with E-state index in [0.717, 1.165) is 18.4 Å². The Labute approximate surface area is 136 Å². The van der Waals surface area contributed by atoms with Crippen LogP contribution in [0.4, 0.5) is 10.2 Å². The molecule has 0 aliphatic carbocycles. The van der Waals surface area contributed by atoms with Crippen molar-refractivity contribution in [1.82, 2.24) is 9.88 Å². The molecule has 22 heavy (non-hydrogen) atoms. The van der Waals surface area contributed by atoms with Crippen molar-refractivity contribution in [1.29, 1.82) is 0 Å². The number of nitrogens with zero attached hydrogens (tertiary/aromatic N) is 2. The summed E-state index contributed by atoms with van der Waals surface area (Å²) in [5, 5.41) is 4.22. The minimum absolute atomic E-state index is 0.183. The molecule has 116 valence electrons. The molecule has 6 heteroatoms. The topological polar surface area (TPSA) is 45.2 Å². The predicted octanol–water partition coefficient (Wildman–Crippen LogP) is 3.56. The number of pyridine rings is 1. The smallest absolute Gasteiger partial charge is 0.222 e. The number of aromatic nitrogens is 1. The number of hydrogen-bond acceptors (Lipinski definition) is 3. The number of amides is 1. The minimum atomic E-state index is -0.322. The third-order valence-electron chi connectivity index (χ3n) is 3.93. The van der Waals surface area contributed by atoms with Gasteiger partial charge in [0.25, 0.3) is 0 Å². The summed E-state index contributed by atoms with van der Waals surface area (Å²) >= 11 is 3.18. The first-order valence-corrected chi connectivity index (χ1v) is 8.16. The van der Waals surface area contributed by atoms with Crippen molar-refractivity contribution in [2.24, 2.45) is 0 Å². The van der Waals surface area contributed by atoms with Gasteiger partial charge in [-0.25, -0.2) is 9.37 Å². The Morgan fingerprint density at radius 1 is 1.50 bits per heavy atom. The number of rotatable bonds is 3. The normalized spacial score (nSPS) is 18.0. The maximum atomic E-state index is 13.6. The van der Waals surface area contributed by atoms with Gasteiger partial charge >= 0.3 is 0 Å². The highest BCUT2D eigenvalue weighted by atomic mass is 79.9. The molecule has 2 heterocycles. The third-order valence-corrected chi connectivity index (χ3v) is 4.53. The lowest BCUT2D eigenvalue weighted by molar-refractivity contribution is -0.129. The number of carbonyl (C=O) groups is 1. The molecule has 1 aliphatic heterocycles. The molecule has 1 fully saturated rings. The van der Waals surface area contributed by atoms with Crippen LogP contribution in [-0.4, -0.2) is 34.9 Å². The fourth-order valence-electron chi connectivity index (χ4n) is 2.74. The molecule has 0 spiro atoms. The van der Waals surface area contributed by atoms with Gasteiger partial charge in [-0.1, -0.05) is 6.92 Å². The van der Waals surface area contributed by atoms with Crippen molar-refractivity contribution in [3.05, 3.63) is 34.6 Å². The lowest BCUT2D eigenvalue weighted by Crippen LogP contribution is -2.31. The fourth-order valence-corrected chi connectivity index (χ4v) is 3.10. The second-order valence-corrected chi connectivity index (χ2v) is 6.33. The minimum Gasteiger partial charge on any atom is -0.365 e. The molecule has 1 aromatic carbocycles. The second-order valence-electron chi connectivity index (χ2n) is 5.48. The molecular formula is C16H17BrFN3O. The van der Waals surface area contributed by atoms with E-state index in [9.17, 15) is 9.18 Å². The summed E-state index contributed by atoms with van der Waals surface area (Å²) in [4.78, 5) is 18.0. The first kappa shape index (κ1) is 15.2. The van der Waals surface area contributed by atoms with Crippen molar-refractivity contribution in [2.75, 3.05) is 18.4 Å². The molecule has 2 aromatic rings. The summed E-state index contributed by atoms with van der Waals surface area (Å²) in [6, 6.07) is 7.14. The highest BCUT2D eigenvalue weighted by molar-refractivity contribution is 9.10. The Morgan fingerprint density at radius 3 is 3.09 bits per heavy atom. The maximum Gasteiger partial charge on any atom is 0.222 e. The summed E-state index contributed by atoms with van der Waals surface area (Å²) in [6.07, 6.45) is 1.44. The van der Waals surface area contributed by atoms with Crippen molar-refractivity contribution in [2.45, 2.75) is 25.8 Å². The van der Waals surface area contributed by atoms with Gasteiger partial charge in [0, 0.05) is 37.0 Å². The van der Waals surface area contributed by atoms with E-state index in [1.807, 2.05) is 24.0 Å². The van der Waals surface area contributed by atoms with Crippen LogP contribution in [0.1, 0.15) is 19.8 Å². The van der Waals surface area contributed by atoms with Gasteiger partial charge in [-0.3, -0.25) is 4.79 Å². The highest BCUT2D eigenvalue weighted by Gasteiger charge is 2.25. The number of halogens is 2. The first-order valence-electron chi connectivity index (χ1n) is 7.37. The summed E-state index contributed by atoms with van der Waals surface area (Å²) in [7, 11) is 0. The monoisotopic (exact) mass is 365 g/mol. The van der Waals surface area contributed by atoms with Crippen LogP contribution in [0.5, 0.6) is 0 Å². The summed E-state index contributed by atoms with van der Waals surface area (Å²) in [5.74, 6) is 0.574. The van der Waals surface area contributed by atoms with Gasteiger partial charge < -0.3 is 10.2 Å². The van der Waals surface area contributed by atoms with Gasteiger partial charge in [0.2, 0.25) is 5.91 Å². The zero-order valence-electron chi connectivity index (χ0n) is 12.3. The quantitative estimate of drug-likeness (QED) is 0.904. The maximum absolute atomic E-state index is 13.6. The van der Waals surface area contributed by atoms with E-state index in [2.05, 4.69) is 26.2 Å². The standard InChI is InChI=1S/C16H17BrFN3O/c1-2-16(22)21-6-5-11(9-21)19-15-4-3-10-7-12(17)13(18)8-14(10)20-15/h3-4,7-8,11H,2,5-6,9H2,1H3,(H,19,20). The number of hydrogen-bond donors (Lipinski definition) is 1. The van der Waals surface area contributed by atoms with Crippen LogP contribution >= 0.6 is 15.9 Å². The average Bonchev–Trinajstić information content (AvgIpc) is 2.96. The second kappa shape index (κ2) is 6.20. The number of nitrogens with one attached hydrogen (secondary N) is 1. The van der Waals surface area contributed by atoms with Crippen LogP contribution in [0.15, 0.2) is 28.7 Å². The molecule has 0 saturated carbocycles. The van der Waals surface area contributed by atoms with E-state index in [4.69, 9.17) is 0 Å². The molecule has 4 nitrogen and oxygen atoms in total. The molecular weight excluding hydrogens is 349 g/mol. The van der Waals surface area contributed by atoms with Gasteiger partial charge in [-0.2, -0.15) is 0 Å². The van der Waals surface area contributed by atoms with E-state index >= 15 is 0 Å². The van der Waals surface area contributed by atoms with E-state index in [1.165, 1.54) is 6.07 Å². The lowest BCUT2D eigenvalue weighted by atomic mass is 10.2. The SMILES string of the molecule is CCC(=O)N1CCC(Nc2ccc3cc(Br)c(F)cc3n2)C1. The molecule has 3 rings (SSSR count). The van der Waals surface area contributed by atoms with Gasteiger partial charge in [-0.15, -0.1) is 0 Å². The van der Waals surface area contributed by atoms with Crippen LogP contribution in [0.25, 0.3) is 10.9 Å². The van der Waals surface area contributed by atoms with Crippen LogP contribution in [0.2, 0.25) is 0 Å². The Hall–Kier alpha value is -1.69. The molecule has 1 atom stereocenters. The Balaban J connectivity index is 1.75. The van der Waals surface area contributed by atoms with Crippen molar-refractivity contribution in [3.8, 4) is 0 Å². The van der Waals surface area contributed by atoms with E-state index in [1.54, 1.807) is 6.07 Å². The Bertz CT molecular complexity index is 722. The van der Waals surface area contributed by atoms with Crippen molar-refractivity contribution < 1.29 is 9.18 Å². The fraction of sp³-hybridized carbons (Fsp3) is 0.375. The molecule has 1 aromatic heterocycles. The van der Waals surface area contributed by atoms with Crippen LogP contribution < -0.4 is 5.32 Å². The molecule has 1 amide bonds. The molecule has 1 unspecified atom stereocenters. The summed E-state index contributed by atoms with van der Waals surface area (Å²) in [6.45, 7) is 3.35. The number of carbonyl (C=O) groups excluding carboxylic acids is 1. The Kier molecular flexibility index (Phi) is 4.29. The predicted molar refractivity (Wildman–Crippen MR) is 88.3 cm³/mol. The van der Waals surface area contributed by atoms with Gasteiger partial charge in [0.05, 0.1) is 9.99 Å². The van der Waals surface area contributed by atoms with Crippen LogP contribution in [-0.2, 0) is 4.79 Å². The lowest BCUT2D eigenvalue weighted by Gasteiger charge is -2.16. The zero-order chi connectivity index (χ0) is 15.7. The molecule has 1 saturated heterocycles. The van der Waals surface area contributed by atoms with Crippen LogP contribution in [0.3, 0.4) is 0 Å². The number of anilines is 1. The third kappa shape index (κ3) is 3.06. The molecule has 0 bridgehead atoms. The zero-order valence-corrected chi connectivity index (χ0v) is 13.9. The number of benzene rings is 1. The summed E-state index contributed by atoms with van der Waals surface area (Å²) in [5.41, 5.74) is 0.616. The van der Waals surface area contributed by atoms with Crippen molar-refractivity contribution in [3.63, 3.8) is 0 Å². The largest absolute Gasteiger partial charge is 0.365 e.